The molecule has 144 valence electrons. The summed E-state index contributed by atoms with van der Waals surface area (Å²) in [4.78, 5) is 31.7. The van der Waals surface area contributed by atoms with Crippen LogP contribution in [-0.2, 0) is 4.79 Å². The van der Waals surface area contributed by atoms with Crippen molar-refractivity contribution in [2.75, 3.05) is 26.7 Å². The van der Waals surface area contributed by atoms with E-state index in [1.807, 2.05) is 42.0 Å². The third-order valence-corrected chi connectivity index (χ3v) is 6.69. The first-order valence-electron chi connectivity index (χ1n) is 9.61. The van der Waals surface area contributed by atoms with Crippen LogP contribution >= 0.6 is 0 Å². The van der Waals surface area contributed by atoms with Gasteiger partial charge in [0.2, 0.25) is 0 Å². The first-order valence-corrected chi connectivity index (χ1v) is 9.61. The fraction of sp³-hybridized carbons (Fsp3) is 0.524. The lowest BCUT2D eigenvalue weighted by molar-refractivity contribution is -0.141. The number of amides is 1. The number of rotatable bonds is 2. The third kappa shape index (κ3) is 3.02. The van der Waals surface area contributed by atoms with E-state index < -0.39 is 12.0 Å². The van der Waals surface area contributed by atoms with E-state index in [0.717, 1.165) is 41.5 Å². The molecule has 0 aliphatic carbocycles. The minimum Gasteiger partial charge on any atom is -0.480 e. The van der Waals surface area contributed by atoms with Crippen LogP contribution in [-0.4, -0.2) is 64.5 Å². The Kier molecular flexibility index (Phi) is 4.26. The number of piperidine rings is 1. The zero-order valence-electron chi connectivity index (χ0n) is 16.2. The van der Waals surface area contributed by atoms with Gasteiger partial charge < -0.3 is 15.0 Å². The molecule has 3 heterocycles. The largest absolute Gasteiger partial charge is 0.480 e. The molecule has 2 aliphatic heterocycles. The van der Waals surface area contributed by atoms with Crippen LogP contribution in [0.25, 0.3) is 10.9 Å². The number of aliphatic carboxylic acids is 1. The number of hydrogen-bond donors (Lipinski definition) is 2. The second kappa shape index (κ2) is 6.37. The van der Waals surface area contributed by atoms with Gasteiger partial charge in [-0.25, -0.2) is 0 Å². The molecule has 2 saturated heterocycles. The first-order chi connectivity index (χ1) is 12.8. The van der Waals surface area contributed by atoms with E-state index in [1.54, 1.807) is 0 Å². The van der Waals surface area contributed by atoms with Gasteiger partial charge in [-0.2, -0.15) is 0 Å². The summed E-state index contributed by atoms with van der Waals surface area (Å²) in [5, 5.41) is 10.5. The van der Waals surface area contributed by atoms with E-state index in [1.165, 1.54) is 5.56 Å². The molecule has 2 fully saturated rings. The van der Waals surface area contributed by atoms with Crippen LogP contribution in [0.1, 0.15) is 40.9 Å². The van der Waals surface area contributed by atoms with Crippen molar-refractivity contribution in [3.05, 3.63) is 35.0 Å². The fourth-order valence-corrected chi connectivity index (χ4v) is 4.87. The minimum atomic E-state index is -0.738. The lowest BCUT2D eigenvalue weighted by atomic mass is 9.76. The van der Waals surface area contributed by atoms with E-state index in [-0.39, 0.29) is 11.3 Å². The molecular formula is C21H27N3O3. The molecule has 0 bridgehead atoms. The second-order valence-corrected chi connectivity index (χ2v) is 8.40. The first kappa shape index (κ1) is 18.0. The van der Waals surface area contributed by atoms with Crippen molar-refractivity contribution in [3.8, 4) is 0 Å². The molecule has 6 heteroatoms. The predicted octanol–water partition coefficient (Wildman–Crippen LogP) is 2.80. The number of hydrogen-bond acceptors (Lipinski definition) is 3. The van der Waals surface area contributed by atoms with Crippen LogP contribution in [0.4, 0.5) is 0 Å². The number of nitrogens with zero attached hydrogens (tertiary/aromatic N) is 2. The Labute approximate surface area is 159 Å². The van der Waals surface area contributed by atoms with Crippen LogP contribution in [0, 0.1) is 19.3 Å². The summed E-state index contributed by atoms with van der Waals surface area (Å²) in [6.45, 7) is 6.32. The Hall–Kier alpha value is -2.34. The molecule has 0 saturated carbocycles. The Morgan fingerprint density at radius 1 is 1.22 bits per heavy atom. The average molecular weight is 369 g/mol. The number of H-pyrrole nitrogens is 1. The van der Waals surface area contributed by atoms with E-state index in [9.17, 15) is 14.7 Å². The van der Waals surface area contributed by atoms with Crippen molar-refractivity contribution >= 4 is 22.8 Å². The number of aryl methyl sites for hydroxylation is 2. The number of carboxylic acids is 1. The number of carbonyl (C=O) groups is 2. The average Bonchev–Trinajstić information content (AvgIpc) is 3.12. The van der Waals surface area contributed by atoms with Crippen LogP contribution in [0.3, 0.4) is 0 Å². The summed E-state index contributed by atoms with van der Waals surface area (Å²) in [6, 6.07) is 5.48. The molecule has 1 aromatic heterocycles. The topological polar surface area (TPSA) is 76.6 Å². The molecule has 6 nitrogen and oxygen atoms in total. The molecule has 1 aromatic carbocycles. The maximum atomic E-state index is 13.0. The summed E-state index contributed by atoms with van der Waals surface area (Å²) in [7, 11) is 1.89. The molecule has 2 N–H and O–H groups in total. The van der Waals surface area contributed by atoms with Gasteiger partial charge in [-0.05, 0) is 69.3 Å². The van der Waals surface area contributed by atoms with Gasteiger partial charge in [0.1, 0.15) is 6.04 Å². The van der Waals surface area contributed by atoms with Gasteiger partial charge >= 0.3 is 5.97 Å². The van der Waals surface area contributed by atoms with Crippen molar-refractivity contribution in [2.45, 2.75) is 39.2 Å². The molecule has 2 aliphatic rings. The van der Waals surface area contributed by atoms with E-state index in [4.69, 9.17) is 0 Å². The normalized spacial score (nSPS) is 22.6. The maximum Gasteiger partial charge on any atom is 0.320 e. The number of likely N-dealkylation sites (tertiary alicyclic amines) is 2. The Morgan fingerprint density at radius 2 is 1.93 bits per heavy atom. The van der Waals surface area contributed by atoms with Gasteiger partial charge in [-0.15, -0.1) is 0 Å². The molecule has 1 spiro atoms. The van der Waals surface area contributed by atoms with Crippen molar-refractivity contribution in [1.82, 2.24) is 14.8 Å². The quantitative estimate of drug-likeness (QED) is 0.853. The fourth-order valence-electron chi connectivity index (χ4n) is 4.87. The van der Waals surface area contributed by atoms with E-state index in [2.05, 4.69) is 11.9 Å². The Bertz CT molecular complexity index is 909. The number of carboxylic acid groups (broad SMARTS) is 1. The lowest BCUT2D eigenvalue weighted by Crippen LogP contribution is -2.44. The smallest absolute Gasteiger partial charge is 0.320 e. The van der Waals surface area contributed by atoms with Crippen molar-refractivity contribution in [1.29, 1.82) is 0 Å². The van der Waals surface area contributed by atoms with Gasteiger partial charge in [0.15, 0.2) is 0 Å². The zero-order valence-corrected chi connectivity index (χ0v) is 16.2. The van der Waals surface area contributed by atoms with Gasteiger partial charge in [-0.1, -0.05) is 0 Å². The summed E-state index contributed by atoms with van der Waals surface area (Å²) >= 11 is 0. The molecule has 0 radical (unpaired) electrons. The van der Waals surface area contributed by atoms with E-state index >= 15 is 0 Å². The number of benzene rings is 1. The van der Waals surface area contributed by atoms with Gasteiger partial charge in [0.05, 0.1) is 0 Å². The van der Waals surface area contributed by atoms with Crippen LogP contribution < -0.4 is 0 Å². The molecule has 1 atom stereocenters. The summed E-state index contributed by atoms with van der Waals surface area (Å²) < 4.78 is 0. The summed E-state index contributed by atoms with van der Waals surface area (Å²) in [5.74, 6) is -0.663. The highest BCUT2D eigenvalue weighted by Gasteiger charge is 2.47. The molecule has 0 unspecified atom stereocenters. The molecule has 1 amide bonds. The zero-order chi connectivity index (χ0) is 19.3. The number of fused-ring (bicyclic) bond motifs is 1. The summed E-state index contributed by atoms with van der Waals surface area (Å²) in [6.07, 6.45) is 2.43. The monoisotopic (exact) mass is 369 g/mol. The second-order valence-electron chi connectivity index (χ2n) is 8.40. The SMILES string of the molecule is Cc1[nH]c2ccc(C(=O)N3CCC4(CC3)C[C@H](C(=O)O)N(C)C4)cc2c1C. The van der Waals surface area contributed by atoms with Crippen LogP contribution in [0.2, 0.25) is 0 Å². The van der Waals surface area contributed by atoms with Crippen molar-refractivity contribution < 1.29 is 14.7 Å². The van der Waals surface area contributed by atoms with Crippen molar-refractivity contribution in [3.63, 3.8) is 0 Å². The third-order valence-electron chi connectivity index (χ3n) is 6.69. The molecular weight excluding hydrogens is 342 g/mol. The minimum absolute atomic E-state index is 0.0346. The molecule has 2 aromatic rings. The Morgan fingerprint density at radius 3 is 2.56 bits per heavy atom. The number of nitrogens with one attached hydrogen (secondary N) is 1. The highest BCUT2D eigenvalue weighted by molar-refractivity contribution is 5.99. The number of carbonyl (C=O) groups excluding carboxylic acids is 1. The number of aromatic amines is 1. The highest BCUT2D eigenvalue weighted by atomic mass is 16.4. The van der Waals surface area contributed by atoms with Gasteiger partial charge in [0, 0.05) is 41.8 Å². The lowest BCUT2D eigenvalue weighted by Gasteiger charge is -2.39. The van der Waals surface area contributed by atoms with Crippen LogP contribution in [0.15, 0.2) is 18.2 Å². The van der Waals surface area contributed by atoms with Crippen LogP contribution in [0.5, 0.6) is 0 Å². The Balaban J connectivity index is 1.48. The van der Waals surface area contributed by atoms with Gasteiger partial charge in [0.25, 0.3) is 5.91 Å². The molecule has 4 rings (SSSR count). The highest BCUT2D eigenvalue weighted by Crippen LogP contribution is 2.43. The predicted molar refractivity (Wildman–Crippen MR) is 104 cm³/mol. The van der Waals surface area contributed by atoms with Gasteiger partial charge in [-0.3, -0.25) is 14.5 Å². The number of likely N-dealkylation sites (N-methyl/N-ethyl adjacent to an activating group) is 1. The van der Waals surface area contributed by atoms with E-state index in [0.29, 0.717) is 19.5 Å². The maximum absolute atomic E-state index is 13.0. The number of aromatic nitrogens is 1. The molecule has 27 heavy (non-hydrogen) atoms. The van der Waals surface area contributed by atoms with Crippen molar-refractivity contribution in [2.24, 2.45) is 5.41 Å². The standard InChI is InChI=1S/C21H27N3O3/c1-13-14(2)22-17-5-4-15(10-16(13)17)19(25)24-8-6-21(7-9-24)11-18(20(26)27)23(3)12-21/h4-5,10,18,22H,6-9,11-12H2,1-3H3,(H,26,27)/t18-/m1/s1. The summed E-state index contributed by atoms with van der Waals surface area (Å²) in [5.41, 5.74) is 4.14.